The molecule has 0 fully saturated rings. The Morgan fingerprint density at radius 3 is 2.32 bits per heavy atom. The first-order valence-electron chi connectivity index (χ1n) is 13.1. The van der Waals surface area contributed by atoms with Crippen molar-refractivity contribution in [3.8, 4) is 5.88 Å². The maximum Gasteiger partial charge on any atom is 0.416 e. The van der Waals surface area contributed by atoms with Gasteiger partial charge in [-0.3, -0.25) is 14.2 Å². The van der Waals surface area contributed by atoms with Crippen LogP contribution >= 0.6 is 11.6 Å². The largest absolute Gasteiger partial charge is 0.471 e. The van der Waals surface area contributed by atoms with Crippen LogP contribution in [0, 0.1) is 5.41 Å². The molecular weight excluding hydrogens is 611 g/mol. The van der Waals surface area contributed by atoms with Gasteiger partial charge in [0.2, 0.25) is 17.7 Å². The van der Waals surface area contributed by atoms with Crippen molar-refractivity contribution in [2.75, 3.05) is 17.2 Å². The van der Waals surface area contributed by atoms with Gasteiger partial charge >= 0.3 is 6.18 Å². The number of carbonyl (C=O) groups is 2. The van der Waals surface area contributed by atoms with E-state index in [1.54, 1.807) is 46.0 Å². The molecule has 0 spiro atoms. The Bertz CT molecular complexity index is 1680. The third-order valence-corrected chi connectivity index (χ3v) is 6.61. The van der Waals surface area contributed by atoms with E-state index in [1.807, 2.05) is 0 Å². The zero-order valence-electron chi connectivity index (χ0n) is 23.9. The van der Waals surface area contributed by atoms with Crippen molar-refractivity contribution < 1.29 is 36.3 Å². The molecule has 0 saturated heterocycles. The van der Waals surface area contributed by atoms with Crippen LogP contribution in [0.4, 0.5) is 39.3 Å². The van der Waals surface area contributed by atoms with Gasteiger partial charge in [-0.25, -0.2) is 13.8 Å². The smallest absolute Gasteiger partial charge is 0.416 e. The second-order valence-corrected chi connectivity index (χ2v) is 11.2. The number of halogens is 6. The number of ether oxygens (including phenoxy) is 1. The zero-order valence-corrected chi connectivity index (χ0v) is 24.7. The standard InChI is InChI=1S/C29H28ClF5N6O3/c1-28(2,3)26(43)36-13-15-5-10-19(30)20(11-15)38-27-39-21-12-18(25(44-14-22(31)32)40-23(21)41(27)4)24(42)37-17-8-6-16(7-9-17)29(33,34)35/h5-12,22H,13-14H2,1-4H3,(H,36,43)(H,37,42)(H,38,39). The highest BCUT2D eigenvalue weighted by atomic mass is 35.5. The SMILES string of the molecule is Cn1c(Nc2cc(CNC(=O)C(C)(C)C)ccc2Cl)nc2cc(C(=O)Nc3ccc(C(F)(F)F)cc3)c(OCC(F)F)nc21. The normalized spacial score (nSPS) is 12.0. The summed E-state index contributed by atoms with van der Waals surface area (Å²) in [6, 6.07) is 10.1. The molecule has 4 aromatic rings. The third-order valence-electron chi connectivity index (χ3n) is 6.28. The summed E-state index contributed by atoms with van der Waals surface area (Å²) in [6.45, 7) is 4.57. The van der Waals surface area contributed by atoms with Crippen molar-refractivity contribution in [3.05, 3.63) is 70.2 Å². The van der Waals surface area contributed by atoms with Crippen molar-refractivity contribution >= 4 is 51.9 Å². The molecule has 2 aromatic carbocycles. The quantitative estimate of drug-likeness (QED) is 0.171. The van der Waals surface area contributed by atoms with Gasteiger partial charge in [0.05, 0.1) is 16.3 Å². The number of nitrogens with one attached hydrogen (secondary N) is 3. The Labute approximate surface area is 253 Å². The van der Waals surface area contributed by atoms with Crippen molar-refractivity contribution in [1.82, 2.24) is 19.9 Å². The van der Waals surface area contributed by atoms with Crippen LogP contribution in [0.25, 0.3) is 11.2 Å². The summed E-state index contributed by atoms with van der Waals surface area (Å²) >= 11 is 6.40. The predicted molar refractivity (Wildman–Crippen MR) is 155 cm³/mol. The summed E-state index contributed by atoms with van der Waals surface area (Å²) in [7, 11) is 1.59. The maximum absolute atomic E-state index is 13.1. The maximum atomic E-state index is 13.1. The molecule has 0 unspecified atom stereocenters. The number of aromatic nitrogens is 3. The molecule has 0 bridgehead atoms. The van der Waals surface area contributed by atoms with Crippen LogP contribution in [-0.4, -0.2) is 39.4 Å². The van der Waals surface area contributed by atoms with E-state index in [0.717, 1.165) is 29.8 Å². The summed E-state index contributed by atoms with van der Waals surface area (Å²) in [5, 5.41) is 8.70. The van der Waals surface area contributed by atoms with Gasteiger partial charge in [0.15, 0.2) is 12.3 Å². The number of fused-ring (bicyclic) bond motifs is 1. The highest BCUT2D eigenvalue weighted by molar-refractivity contribution is 6.33. The number of imidazole rings is 1. The van der Waals surface area contributed by atoms with Gasteiger partial charge in [0.1, 0.15) is 11.1 Å². The molecular formula is C29H28ClF5N6O3. The summed E-state index contributed by atoms with van der Waals surface area (Å²) in [5.41, 5.74) is -0.170. The van der Waals surface area contributed by atoms with Crippen LogP contribution in [0.1, 0.15) is 42.3 Å². The fraction of sp³-hybridized carbons (Fsp3) is 0.310. The highest BCUT2D eigenvalue weighted by Gasteiger charge is 2.30. The van der Waals surface area contributed by atoms with Crippen LogP contribution in [0.5, 0.6) is 5.88 Å². The van der Waals surface area contributed by atoms with Crippen molar-refractivity contribution in [1.29, 1.82) is 0 Å². The number of anilines is 3. The average Bonchev–Trinajstić information content (AvgIpc) is 3.24. The van der Waals surface area contributed by atoms with E-state index < -0.39 is 42.0 Å². The number of alkyl halides is 5. The van der Waals surface area contributed by atoms with Gasteiger partial charge in [-0.2, -0.15) is 18.2 Å². The Morgan fingerprint density at radius 1 is 1.02 bits per heavy atom. The van der Waals surface area contributed by atoms with Crippen molar-refractivity contribution in [2.45, 2.75) is 39.9 Å². The minimum absolute atomic E-state index is 0.0273. The van der Waals surface area contributed by atoms with Gasteiger partial charge in [0.25, 0.3) is 12.3 Å². The monoisotopic (exact) mass is 638 g/mol. The number of benzene rings is 2. The summed E-state index contributed by atoms with van der Waals surface area (Å²) in [5.74, 6) is -1.19. The number of aryl methyl sites for hydroxylation is 1. The minimum Gasteiger partial charge on any atom is -0.471 e. The van der Waals surface area contributed by atoms with E-state index in [4.69, 9.17) is 16.3 Å². The fourth-order valence-corrected chi connectivity index (χ4v) is 4.07. The van der Waals surface area contributed by atoms with Crippen LogP contribution < -0.4 is 20.7 Å². The average molecular weight is 639 g/mol. The van der Waals surface area contributed by atoms with Crippen molar-refractivity contribution in [3.63, 3.8) is 0 Å². The number of pyridine rings is 1. The van der Waals surface area contributed by atoms with E-state index in [-0.39, 0.29) is 40.8 Å². The molecule has 2 amide bonds. The van der Waals surface area contributed by atoms with Crippen LogP contribution in [0.15, 0.2) is 48.5 Å². The Morgan fingerprint density at radius 2 is 1.70 bits per heavy atom. The number of hydrogen-bond donors (Lipinski definition) is 3. The topological polar surface area (TPSA) is 110 Å². The van der Waals surface area contributed by atoms with Gasteiger partial charge < -0.3 is 20.7 Å². The van der Waals surface area contributed by atoms with E-state index in [1.165, 1.54) is 10.6 Å². The van der Waals surface area contributed by atoms with Gasteiger partial charge in [-0.1, -0.05) is 38.4 Å². The lowest BCUT2D eigenvalue weighted by atomic mass is 9.95. The summed E-state index contributed by atoms with van der Waals surface area (Å²) in [6.07, 6.45) is -7.43. The number of carbonyl (C=O) groups excluding carboxylic acids is 2. The fourth-order valence-electron chi connectivity index (χ4n) is 3.91. The van der Waals surface area contributed by atoms with Crippen LogP contribution in [0.3, 0.4) is 0 Å². The minimum atomic E-state index is -4.56. The van der Waals surface area contributed by atoms with Gasteiger partial charge in [-0.15, -0.1) is 0 Å². The van der Waals surface area contributed by atoms with Gasteiger partial charge in [-0.05, 0) is 48.0 Å². The molecule has 0 aliphatic heterocycles. The molecule has 44 heavy (non-hydrogen) atoms. The van der Waals surface area contributed by atoms with E-state index in [2.05, 4.69) is 25.9 Å². The molecule has 2 heterocycles. The molecule has 0 radical (unpaired) electrons. The summed E-state index contributed by atoms with van der Waals surface area (Å²) < 4.78 is 71.3. The second kappa shape index (κ2) is 12.6. The molecule has 0 atom stereocenters. The molecule has 0 aliphatic rings. The van der Waals surface area contributed by atoms with E-state index in [0.29, 0.717) is 10.7 Å². The lowest BCUT2D eigenvalue weighted by molar-refractivity contribution is -0.137. The zero-order chi connectivity index (χ0) is 32.4. The molecule has 9 nitrogen and oxygen atoms in total. The molecule has 15 heteroatoms. The Kier molecular flexibility index (Phi) is 9.33. The van der Waals surface area contributed by atoms with Crippen LogP contribution in [-0.2, 0) is 24.6 Å². The van der Waals surface area contributed by atoms with E-state index >= 15 is 0 Å². The second-order valence-electron chi connectivity index (χ2n) is 10.8. The molecule has 234 valence electrons. The lowest BCUT2D eigenvalue weighted by Gasteiger charge is -2.18. The number of rotatable bonds is 9. The van der Waals surface area contributed by atoms with Gasteiger partial charge in [0, 0.05) is 24.7 Å². The predicted octanol–water partition coefficient (Wildman–Crippen LogP) is 6.94. The molecule has 0 aliphatic carbocycles. The first kappa shape index (κ1) is 32.5. The first-order valence-corrected chi connectivity index (χ1v) is 13.5. The Hall–Kier alpha value is -4.46. The van der Waals surface area contributed by atoms with E-state index in [9.17, 15) is 31.5 Å². The molecule has 3 N–H and O–H groups in total. The first-order chi connectivity index (χ1) is 20.5. The highest BCUT2D eigenvalue weighted by Crippen LogP contribution is 2.32. The third kappa shape index (κ3) is 7.73. The molecule has 0 saturated carbocycles. The summed E-state index contributed by atoms with van der Waals surface area (Å²) in [4.78, 5) is 34.1. The number of hydrogen-bond acceptors (Lipinski definition) is 6. The molecule has 4 rings (SSSR count). The molecule has 2 aromatic heterocycles. The number of amides is 2. The number of nitrogens with zero attached hydrogens (tertiary/aromatic N) is 3. The van der Waals surface area contributed by atoms with Crippen LogP contribution in [0.2, 0.25) is 5.02 Å². The van der Waals surface area contributed by atoms with Crippen molar-refractivity contribution in [2.24, 2.45) is 12.5 Å². The lowest BCUT2D eigenvalue weighted by Crippen LogP contribution is -2.34. The Balaban J connectivity index is 1.63.